The molecule has 0 aromatic heterocycles. The summed E-state index contributed by atoms with van der Waals surface area (Å²) < 4.78 is 5.12. The monoisotopic (exact) mass is 248 g/mol. The first kappa shape index (κ1) is 13.5. The lowest BCUT2D eigenvalue weighted by molar-refractivity contribution is 0.185. The Balaban J connectivity index is 1.86. The Hall–Kier alpha value is -0.900. The fraction of sp³-hybridized carbons (Fsp3) is 0.600. The molecule has 1 fully saturated rings. The molecule has 0 radical (unpaired) electrons. The molecule has 1 aromatic rings. The van der Waals surface area contributed by atoms with E-state index in [1.807, 2.05) is 0 Å². The summed E-state index contributed by atoms with van der Waals surface area (Å²) in [5.74, 6) is 0.665. The van der Waals surface area contributed by atoms with Crippen LogP contribution in [0.3, 0.4) is 0 Å². The number of methoxy groups -OCH3 is 1. The number of likely N-dealkylation sites (tertiary alicyclic amines) is 1. The summed E-state index contributed by atoms with van der Waals surface area (Å²) in [6, 6.07) is 9.02. The Bertz CT molecular complexity index is 361. The highest BCUT2D eigenvalue weighted by molar-refractivity contribution is 5.22. The molecule has 3 heteroatoms. The van der Waals surface area contributed by atoms with Crippen molar-refractivity contribution in [3.63, 3.8) is 0 Å². The van der Waals surface area contributed by atoms with Crippen LogP contribution in [0, 0.1) is 5.92 Å². The van der Waals surface area contributed by atoms with Gasteiger partial charge in [-0.3, -0.25) is 4.90 Å². The molecule has 0 saturated carbocycles. The zero-order chi connectivity index (χ0) is 13.0. The van der Waals surface area contributed by atoms with Gasteiger partial charge in [-0.2, -0.15) is 0 Å². The first-order chi connectivity index (χ1) is 8.69. The van der Waals surface area contributed by atoms with Gasteiger partial charge in [0.15, 0.2) is 0 Å². The largest absolute Gasteiger partial charge is 0.380 e. The lowest BCUT2D eigenvalue weighted by atomic mass is 10.0. The van der Waals surface area contributed by atoms with Gasteiger partial charge in [-0.15, -0.1) is 0 Å². The number of ether oxygens (including phenoxy) is 1. The van der Waals surface area contributed by atoms with Gasteiger partial charge in [-0.05, 0) is 36.9 Å². The van der Waals surface area contributed by atoms with E-state index >= 15 is 0 Å². The number of nitrogens with two attached hydrogens (primary N) is 1. The Morgan fingerprint density at radius 3 is 2.56 bits per heavy atom. The summed E-state index contributed by atoms with van der Waals surface area (Å²) >= 11 is 0. The predicted octanol–water partition coefficient (Wildman–Crippen LogP) is 2.00. The molecule has 1 aliphatic heterocycles. The Morgan fingerprint density at radius 1 is 1.33 bits per heavy atom. The van der Waals surface area contributed by atoms with Crippen molar-refractivity contribution in [1.29, 1.82) is 0 Å². The van der Waals surface area contributed by atoms with Gasteiger partial charge in [0.2, 0.25) is 0 Å². The van der Waals surface area contributed by atoms with Crippen LogP contribution in [0.15, 0.2) is 24.3 Å². The van der Waals surface area contributed by atoms with E-state index in [0.29, 0.717) is 18.6 Å². The summed E-state index contributed by atoms with van der Waals surface area (Å²) in [6.45, 7) is 6.16. The highest BCUT2D eigenvalue weighted by Crippen LogP contribution is 2.20. The second kappa shape index (κ2) is 6.32. The van der Waals surface area contributed by atoms with Crippen LogP contribution in [0.5, 0.6) is 0 Å². The molecule has 0 spiro atoms. The fourth-order valence-corrected chi connectivity index (χ4v) is 2.60. The van der Waals surface area contributed by atoms with Gasteiger partial charge in [0.05, 0.1) is 6.61 Å². The van der Waals surface area contributed by atoms with Crippen molar-refractivity contribution in [2.24, 2.45) is 11.7 Å². The van der Waals surface area contributed by atoms with Crippen molar-refractivity contribution in [3.8, 4) is 0 Å². The maximum absolute atomic E-state index is 5.97. The molecule has 1 saturated heterocycles. The Labute approximate surface area is 110 Å². The Morgan fingerprint density at radius 2 is 2.00 bits per heavy atom. The maximum atomic E-state index is 5.97. The second-order valence-corrected chi connectivity index (χ2v) is 5.39. The molecule has 2 atom stereocenters. The normalized spacial score (nSPS) is 22.3. The molecule has 0 bridgehead atoms. The molecular formula is C15H24N2O. The molecule has 0 aliphatic carbocycles. The van der Waals surface area contributed by atoms with Crippen molar-refractivity contribution in [2.45, 2.75) is 32.5 Å². The third kappa shape index (κ3) is 3.55. The van der Waals surface area contributed by atoms with Gasteiger partial charge in [0.25, 0.3) is 0 Å². The van der Waals surface area contributed by atoms with Gasteiger partial charge >= 0.3 is 0 Å². The average molecular weight is 248 g/mol. The first-order valence-corrected chi connectivity index (χ1v) is 6.73. The minimum Gasteiger partial charge on any atom is -0.380 e. The fourth-order valence-electron chi connectivity index (χ4n) is 2.60. The average Bonchev–Trinajstić information content (AvgIpc) is 2.81. The zero-order valence-electron chi connectivity index (χ0n) is 11.4. The first-order valence-electron chi connectivity index (χ1n) is 6.73. The second-order valence-electron chi connectivity index (χ2n) is 5.39. The van der Waals surface area contributed by atoms with Gasteiger partial charge in [-0.25, -0.2) is 0 Å². The summed E-state index contributed by atoms with van der Waals surface area (Å²) in [5.41, 5.74) is 8.57. The maximum Gasteiger partial charge on any atom is 0.0713 e. The summed E-state index contributed by atoms with van der Waals surface area (Å²) in [5, 5.41) is 0. The van der Waals surface area contributed by atoms with Crippen molar-refractivity contribution in [2.75, 3.05) is 20.2 Å². The quantitative estimate of drug-likeness (QED) is 0.866. The van der Waals surface area contributed by atoms with Crippen molar-refractivity contribution in [1.82, 2.24) is 4.90 Å². The number of rotatable bonds is 5. The smallest absolute Gasteiger partial charge is 0.0713 e. The van der Waals surface area contributed by atoms with Crippen LogP contribution in [0.1, 0.15) is 24.5 Å². The minimum atomic E-state index is 0.319. The highest BCUT2D eigenvalue weighted by atomic mass is 16.5. The van der Waals surface area contributed by atoms with Crippen LogP contribution in [-0.2, 0) is 17.9 Å². The standard InChI is InChI=1S/C15H24N2O/c1-12(16)15-7-8-17(10-15)9-13-3-5-14(6-4-13)11-18-2/h3-6,12,15H,7-11,16H2,1-2H3. The molecule has 1 aliphatic rings. The molecule has 2 N–H and O–H groups in total. The number of nitrogens with zero attached hydrogens (tertiary/aromatic N) is 1. The number of hydrogen-bond acceptors (Lipinski definition) is 3. The summed E-state index contributed by atoms with van der Waals surface area (Å²) in [4.78, 5) is 2.50. The van der Waals surface area contributed by atoms with Gasteiger partial charge in [0, 0.05) is 26.2 Å². The van der Waals surface area contributed by atoms with Crippen molar-refractivity contribution < 1.29 is 4.74 Å². The molecular weight excluding hydrogens is 224 g/mol. The van der Waals surface area contributed by atoms with Crippen LogP contribution in [0.4, 0.5) is 0 Å². The number of hydrogen-bond donors (Lipinski definition) is 1. The topological polar surface area (TPSA) is 38.5 Å². The van der Waals surface area contributed by atoms with Gasteiger partial charge < -0.3 is 10.5 Å². The van der Waals surface area contributed by atoms with Crippen molar-refractivity contribution >= 4 is 0 Å². The predicted molar refractivity (Wildman–Crippen MR) is 74.2 cm³/mol. The van der Waals surface area contributed by atoms with E-state index < -0.39 is 0 Å². The molecule has 0 amide bonds. The summed E-state index contributed by atoms with van der Waals surface area (Å²) in [7, 11) is 1.73. The van der Waals surface area contributed by atoms with E-state index in [1.165, 1.54) is 24.1 Å². The molecule has 1 aromatic carbocycles. The van der Waals surface area contributed by atoms with E-state index in [9.17, 15) is 0 Å². The zero-order valence-corrected chi connectivity index (χ0v) is 11.4. The van der Waals surface area contributed by atoms with Gasteiger partial charge in [0.1, 0.15) is 0 Å². The molecule has 2 rings (SSSR count). The molecule has 3 nitrogen and oxygen atoms in total. The third-order valence-electron chi connectivity index (χ3n) is 3.79. The third-order valence-corrected chi connectivity index (χ3v) is 3.79. The SMILES string of the molecule is COCc1ccc(CN2CCC(C(C)N)C2)cc1. The van der Waals surface area contributed by atoms with Crippen LogP contribution in [-0.4, -0.2) is 31.1 Å². The molecule has 2 unspecified atom stereocenters. The summed E-state index contributed by atoms with van der Waals surface area (Å²) in [6.07, 6.45) is 1.24. The molecule has 1 heterocycles. The van der Waals surface area contributed by atoms with E-state index in [1.54, 1.807) is 7.11 Å². The lowest BCUT2D eigenvalue weighted by Gasteiger charge is -2.18. The van der Waals surface area contributed by atoms with Crippen LogP contribution >= 0.6 is 0 Å². The van der Waals surface area contributed by atoms with E-state index in [2.05, 4.69) is 36.1 Å². The van der Waals surface area contributed by atoms with Gasteiger partial charge in [-0.1, -0.05) is 24.3 Å². The molecule has 18 heavy (non-hydrogen) atoms. The van der Waals surface area contributed by atoms with Crippen LogP contribution in [0.2, 0.25) is 0 Å². The van der Waals surface area contributed by atoms with Crippen LogP contribution in [0.25, 0.3) is 0 Å². The van der Waals surface area contributed by atoms with Crippen molar-refractivity contribution in [3.05, 3.63) is 35.4 Å². The highest BCUT2D eigenvalue weighted by Gasteiger charge is 2.24. The van der Waals surface area contributed by atoms with E-state index in [4.69, 9.17) is 10.5 Å². The number of benzene rings is 1. The van der Waals surface area contributed by atoms with E-state index in [-0.39, 0.29) is 0 Å². The lowest BCUT2D eigenvalue weighted by Crippen LogP contribution is -2.29. The van der Waals surface area contributed by atoms with Crippen LogP contribution < -0.4 is 5.73 Å². The van der Waals surface area contributed by atoms with E-state index in [0.717, 1.165) is 13.1 Å². The Kier molecular flexibility index (Phi) is 4.75. The molecule has 100 valence electrons. The minimum absolute atomic E-state index is 0.319.